The summed E-state index contributed by atoms with van der Waals surface area (Å²) >= 11 is 0. The zero-order chi connectivity index (χ0) is 12.8. The molecule has 1 atom stereocenters. The monoisotopic (exact) mass is 241 g/mol. The van der Waals surface area contributed by atoms with Crippen molar-refractivity contribution in [1.29, 1.82) is 0 Å². The lowest BCUT2D eigenvalue weighted by molar-refractivity contribution is -0.130. The highest BCUT2D eigenvalue weighted by molar-refractivity contribution is 5.89. The molecule has 1 unspecified atom stereocenters. The molecule has 5 nitrogen and oxygen atoms in total. The summed E-state index contributed by atoms with van der Waals surface area (Å²) in [4.78, 5) is 25.4. The quantitative estimate of drug-likeness (QED) is 0.692. The van der Waals surface area contributed by atoms with Crippen molar-refractivity contribution in [3.8, 4) is 0 Å². The lowest BCUT2D eigenvalue weighted by atomic mass is 10.1. The molecule has 1 aliphatic heterocycles. The van der Waals surface area contributed by atoms with Gasteiger partial charge in [-0.2, -0.15) is 0 Å². The fourth-order valence-corrected chi connectivity index (χ4v) is 2.33. The van der Waals surface area contributed by atoms with Crippen molar-refractivity contribution >= 4 is 11.8 Å². The molecule has 1 aliphatic rings. The van der Waals surface area contributed by atoms with Gasteiger partial charge in [-0.3, -0.25) is 9.59 Å². The van der Waals surface area contributed by atoms with Crippen molar-refractivity contribution in [3.05, 3.63) is 0 Å². The average molecular weight is 241 g/mol. The predicted octanol–water partition coefficient (Wildman–Crippen LogP) is 0.0984. The molecule has 0 aromatic rings. The zero-order valence-corrected chi connectivity index (χ0v) is 10.7. The Balaban J connectivity index is 2.53. The molecule has 0 bridgehead atoms. The molecule has 3 N–H and O–H groups in total. The molecule has 5 heteroatoms. The number of carbonyl (C=O) groups is 2. The van der Waals surface area contributed by atoms with E-state index >= 15 is 0 Å². The SMILES string of the molecule is CCC(CC)N1CC(C(=O)NCCN)CC1=O. The first kappa shape index (κ1) is 14.0. The molecule has 1 saturated heterocycles. The first-order valence-corrected chi connectivity index (χ1v) is 6.41. The molecule has 98 valence electrons. The van der Waals surface area contributed by atoms with E-state index in [0.29, 0.717) is 26.1 Å². The van der Waals surface area contributed by atoms with Gasteiger partial charge >= 0.3 is 0 Å². The van der Waals surface area contributed by atoms with Gasteiger partial charge in [-0.15, -0.1) is 0 Å². The summed E-state index contributed by atoms with van der Waals surface area (Å²) in [5.74, 6) is -0.140. The normalized spacial score (nSPS) is 20.1. The van der Waals surface area contributed by atoms with Crippen LogP contribution in [0.5, 0.6) is 0 Å². The molecule has 2 amide bonds. The minimum Gasteiger partial charge on any atom is -0.355 e. The summed E-state index contributed by atoms with van der Waals surface area (Å²) in [6.07, 6.45) is 2.23. The van der Waals surface area contributed by atoms with Gasteiger partial charge < -0.3 is 16.0 Å². The van der Waals surface area contributed by atoms with Gasteiger partial charge in [-0.1, -0.05) is 13.8 Å². The summed E-state index contributed by atoms with van der Waals surface area (Å²) in [5, 5.41) is 2.75. The second kappa shape index (κ2) is 6.59. The van der Waals surface area contributed by atoms with E-state index in [-0.39, 0.29) is 23.8 Å². The van der Waals surface area contributed by atoms with E-state index in [4.69, 9.17) is 5.73 Å². The van der Waals surface area contributed by atoms with Crippen LogP contribution in [-0.2, 0) is 9.59 Å². The number of nitrogens with zero attached hydrogens (tertiary/aromatic N) is 1. The highest BCUT2D eigenvalue weighted by Gasteiger charge is 2.36. The third-order valence-corrected chi connectivity index (χ3v) is 3.36. The summed E-state index contributed by atoms with van der Waals surface area (Å²) < 4.78 is 0. The number of likely N-dealkylation sites (tertiary alicyclic amines) is 1. The van der Waals surface area contributed by atoms with E-state index in [1.54, 1.807) is 0 Å². The molecule has 0 radical (unpaired) electrons. The van der Waals surface area contributed by atoms with Crippen LogP contribution >= 0.6 is 0 Å². The topological polar surface area (TPSA) is 75.4 Å². The smallest absolute Gasteiger partial charge is 0.225 e. The molecule has 1 rings (SSSR count). The van der Waals surface area contributed by atoms with Crippen molar-refractivity contribution in [3.63, 3.8) is 0 Å². The lowest BCUT2D eigenvalue weighted by Crippen LogP contribution is -2.38. The van der Waals surface area contributed by atoms with Gasteiger partial charge in [-0.05, 0) is 12.8 Å². The Morgan fingerprint density at radius 2 is 2.18 bits per heavy atom. The molecular weight excluding hydrogens is 218 g/mol. The van der Waals surface area contributed by atoms with E-state index in [2.05, 4.69) is 19.2 Å². The van der Waals surface area contributed by atoms with Crippen molar-refractivity contribution in [2.75, 3.05) is 19.6 Å². The summed E-state index contributed by atoms with van der Waals surface area (Å²) in [5.41, 5.74) is 5.33. The van der Waals surface area contributed by atoms with Crippen LogP contribution in [0.3, 0.4) is 0 Å². The number of carbonyl (C=O) groups excluding carboxylic acids is 2. The second-order valence-corrected chi connectivity index (χ2v) is 4.50. The van der Waals surface area contributed by atoms with Gasteiger partial charge in [0.15, 0.2) is 0 Å². The molecular formula is C12H23N3O2. The minimum atomic E-state index is -0.199. The van der Waals surface area contributed by atoms with Crippen LogP contribution in [0.15, 0.2) is 0 Å². The molecule has 17 heavy (non-hydrogen) atoms. The van der Waals surface area contributed by atoms with Crippen LogP contribution in [0.4, 0.5) is 0 Å². The van der Waals surface area contributed by atoms with Gasteiger partial charge in [0.05, 0.1) is 5.92 Å². The number of nitrogens with two attached hydrogens (primary N) is 1. The van der Waals surface area contributed by atoms with Crippen LogP contribution < -0.4 is 11.1 Å². The number of hydrogen-bond donors (Lipinski definition) is 2. The van der Waals surface area contributed by atoms with E-state index in [1.807, 2.05) is 4.90 Å². The Bertz CT molecular complexity index is 277. The van der Waals surface area contributed by atoms with Crippen molar-refractivity contribution in [2.24, 2.45) is 11.7 Å². The standard InChI is InChI=1S/C12H23N3O2/c1-3-10(4-2)15-8-9(7-11(15)16)12(17)14-6-5-13/h9-10H,3-8,13H2,1-2H3,(H,14,17). The number of hydrogen-bond acceptors (Lipinski definition) is 3. The van der Waals surface area contributed by atoms with Crippen LogP contribution in [0.1, 0.15) is 33.1 Å². The summed E-state index contributed by atoms with van der Waals surface area (Å²) in [7, 11) is 0. The third kappa shape index (κ3) is 3.43. The fourth-order valence-electron chi connectivity index (χ4n) is 2.33. The Hall–Kier alpha value is -1.10. The second-order valence-electron chi connectivity index (χ2n) is 4.50. The predicted molar refractivity (Wildman–Crippen MR) is 66.3 cm³/mol. The fraction of sp³-hybridized carbons (Fsp3) is 0.833. The van der Waals surface area contributed by atoms with E-state index in [0.717, 1.165) is 12.8 Å². The highest BCUT2D eigenvalue weighted by atomic mass is 16.2. The number of rotatable bonds is 6. The van der Waals surface area contributed by atoms with Gasteiger partial charge in [0.1, 0.15) is 0 Å². The molecule has 0 aromatic heterocycles. The number of nitrogens with one attached hydrogen (secondary N) is 1. The zero-order valence-electron chi connectivity index (χ0n) is 10.7. The van der Waals surface area contributed by atoms with Gasteiger partial charge in [-0.25, -0.2) is 0 Å². The Kier molecular flexibility index (Phi) is 5.41. The Labute approximate surface area is 103 Å². The molecule has 1 heterocycles. The molecule has 0 aliphatic carbocycles. The van der Waals surface area contributed by atoms with Crippen molar-refractivity contribution < 1.29 is 9.59 Å². The van der Waals surface area contributed by atoms with Crippen molar-refractivity contribution in [1.82, 2.24) is 10.2 Å². The van der Waals surface area contributed by atoms with Gasteiger partial charge in [0.2, 0.25) is 11.8 Å². The van der Waals surface area contributed by atoms with Gasteiger partial charge in [0.25, 0.3) is 0 Å². The number of amides is 2. The maximum Gasteiger partial charge on any atom is 0.225 e. The molecule has 0 aromatic carbocycles. The average Bonchev–Trinajstić information content (AvgIpc) is 2.70. The third-order valence-electron chi connectivity index (χ3n) is 3.36. The van der Waals surface area contributed by atoms with Crippen LogP contribution in [0, 0.1) is 5.92 Å². The van der Waals surface area contributed by atoms with E-state index < -0.39 is 0 Å². The van der Waals surface area contributed by atoms with Crippen LogP contribution in [0.25, 0.3) is 0 Å². The van der Waals surface area contributed by atoms with E-state index in [9.17, 15) is 9.59 Å². The van der Waals surface area contributed by atoms with Crippen molar-refractivity contribution in [2.45, 2.75) is 39.2 Å². The maximum atomic E-state index is 11.8. The largest absolute Gasteiger partial charge is 0.355 e. The highest BCUT2D eigenvalue weighted by Crippen LogP contribution is 2.22. The van der Waals surface area contributed by atoms with E-state index in [1.165, 1.54) is 0 Å². The molecule has 0 saturated carbocycles. The first-order chi connectivity index (χ1) is 8.13. The van der Waals surface area contributed by atoms with Crippen LogP contribution in [-0.4, -0.2) is 42.4 Å². The first-order valence-electron chi connectivity index (χ1n) is 6.41. The lowest BCUT2D eigenvalue weighted by Gasteiger charge is -2.26. The molecule has 0 spiro atoms. The van der Waals surface area contributed by atoms with Crippen LogP contribution in [0.2, 0.25) is 0 Å². The molecule has 1 fully saturated rings. The minimum absolute atomic E-state index is 0.0442. The summed E-state index contributed by atoms with van der Waals surface area (Å²) in [6.45, 7) is 5.62. The Morgan fingerprint density at radius 3 is 2.71 bits per heavy atom. The summed E-state index contributed by atoms with van der Waals surface area (Å²) in [6, 6.07) is 0.273. The maximum absolute atomic E-state index is 11.8. The van der Waals surface area contributed by atoms with Gasteiger partial charge in [0, 0.05) is 32.1 Å². The Morgan fingerprint density at radius 1 is 1.53 bits per heavy atom.